The fraction of sp³-hybridized carbons (Fsp3) is 0.318. The van der Waals surface area contributed by atoms with Crippen LogP contribution in [0.15, 0.2) is 48.5 Å². The topological polar surface area (TPSA) is 75.7 Å². The smallest absolute Gasteiger partial charge is 0.337 e. The number of esters is 1. The van der Waals surface area contributed by atoms with Gasteiger partial charge in [0, 0.05) is 16.8 Å². The lowest BCUT2D eigenvalue weighted by atomic mass is 9.99. The number of benzene rings is 2. The predicted molar refractivity (Wildman–Crippen MR) is 107 cm³/mol. The number of hydrogen-bond acceptors (Lipinski definition) is 6. The van der Waals surface area contributed by atoms with Crippen LogP contribution in [0.4, 0.5) is 5.69 Å². The van der Waals surface area contributed by atoms with Gasteiger partial charge in [-0.25, -0.2) is 4.79 Å². The van der Waals surface area contributed by atoms with Crippen LogP contribution in [0.1, 0.15) is 43.9 Å². The summed E-state index contributed by atoms with van der Waals surface area (Å²) in [6.07, 6.45) is 2.24. The number of anilines is 1. The third-order valence-corrected chi connectivity index (χ3v) is 4.85. The predicted octanol–water partition coefficient (Wildman–Crippen LogP) is 3.05. The molecule has 6 nitrogen and oxygen atoms in total. The van der Waals surface area contributed by atoms with E-state index in [4.69, 9.17) is 0 Å². The van der Waals surface area contributed by atoms with Crippen LogP contribution in [0.5, 0.6) is 0 Å². The molecule has 0 radical (unpaired) electrons. The van der Waals surface area contributed by atoms with Gasteiger partial charge in [0.25, 0.3) is 0 Å². The lowest BCUT2D eigenvalue weighted by Crippen LogP contribution is -2.28. The van der Waals surface area contributed by atoms with Crippen molar-refractivity contribution in [2.45, 2.75) is 12.8 Å². The summed E-state index contributed by atoms with van der Waals surface area (Å²) in [5, 5.41) is 3.04. The number of carbonyl (C=O) groups is 3. The Morgan fingerprint density at radius 2 is 1.54 bits per heavy atom. The van der Waals surface area contributed by atoms with Crippen molar-refractivity contribution < 1.29 is 19.1 Å². The number of Topliss-reactive ketones (excluding diaryl/α,β-unsaturated/α-hetero) is 2. The Labute approximate surface area is 164 Å². The van der Waals surface area contributed by atoms with E-state index in [1.165, 1.54) is 7.11 Å². The first-order valence-corrected chi connectivity index (χ1v) is 9.38. The number of rotatable bonds is 8. The molecule has 6 heteroatoms. The van der Waals surface area contributed by atoms with Gasteiger partial charge in [0.05, 0.1) is 25.8 Å². The standard InChI is InChI=1S/C22H24N2O4/c1-28-22(27)16-8-10-17(11-9-16)23-14-20(25)18-6-2-3-7-19(18)21(26)15-24-12-4-5-13-24/h2-3,6-11,23H,4-5,12-15H2,1H3. The largest absolute Gasteiger partial charge is 0.465 e. The highest BCUT2D eigenvalue weighted by Gasteiger charge is 2.20. The molecule has 0 saturated carbocycles. The maximum Gasteiger partial charge on any atom is 0.337 e. The summed E-state index contributed by atoms with van der Waals surface area (Å²) in [5.74, 6) is -0.580. The minimum Gasteiger partial charge on any atom is -0.465 e. The highest BCUT2D eigenvalue weighted by molar-refractivity contribution is 6.10. The van der Waals surface area contributed by atoms with E-state index in [0.29, 0.717) is 28.9 Å². The molecule has 0 unspecified atom stereocenters. The van der Waals surface area contributed by atoms with Crippen LogP contribution in [0.3, 0.4) is 0 Å². The first-order chi connectivity index (χ1) is 13.6. The molecule has 1 saturated heterocycles. The van der Waals surface area contributed by atoms with Gasteiger partial charge in [0.1, 0.15) is 0 Å². The summed E-state index contributed by atoms with van der Waals surface area (Å²) in [5.41, 5.74) is 2.06. The molecular weight excluding hydrogens is 356 g/mol. The molecule has 0 aliphatic carbocycles. The molecule has 0 aromatic heterocycles. The SMILES string of the molecule is COC(=O)c1ccc(NCC(=O)c2ccccc2C(=O)CN2CCCC2)cc1. The van der Waals surface area contributed by atoms with E-state index in [2.05, 4.69) is 15.0 Å². The number of nitrogens with one attached hydrogen (secondary N) is 1. The molecule has 1 fully saturated rings. The summed E-state index contributed by atoms with van der Waals surface area (Å²) in [7, 11) is 1.33. The highest BCUT2D eigenvalue weighted by Crippen LogP contribution is 2.15. The first-order valence-electron chi connectivity index (χ1n) is 9.38. The first kappa shape index (κ1) is 19.8. The molecule has 0 amide bonds. The lowest BCUT2D eigenvalue weighted by molar-refractivity contribution is 0.0600. The second kappa shape index (κ2) is 9.28. The van der Waals surface area contributed by atoms with Crippen LogP contribution in [0, 0.1) is 0 Å². The van der Waals surface area contributed by atoms with Gasteiger partial charge in [-0.3, -0.25) is 14.5 Å². The number of carbonyl (C=O) groups excluding carboxylic acids is 3. The second-order valence-electron chi connectivity index (χ2n) is 6.80. The molecule has 0 bridgehead atoms. The van der Waals surface area contributed by atoms with Gasteiger partial charge in [-0.05, 0) is 50.2 Å². The molecule has 0 spiro atoms. The van der Waals surface area contributed by atoms with Crippen molar-refractivity contribution in [2.75, 3.05) is 38.6 Å². The third-order valence-electron chi connectivity index (χ3n) is 4.85. The van der Waals surface area contributed by atoms with Crippen molar-refractivity contribution in [2.24, 2.45) is 0 Å². The second-order valence-corrected chi connectivity index (χ2v) is 6.80. The Bertz CT molecular complexity index is 855. The Morgan fingerprint density at radius 3 is 2.14 bits per heavy atom. The Hall–Kier alpha value is -2.99. The number of nitrogens with zero attached hydrogens (tertiary/aromatic N) is 1. The molecule has 1 N–H and O–H groups in total. The molecule has 2 aromatic carbocycles. The fourth-order valence-corrected chi connectivity index (χ4v) is 3.32. The van der Waals surface area contributed by atoms with Crippen molar-refractivity contribution >= 4 is 23.2 Å². The lowest BCUT2D eigenvalue weighted by Gasteiger charge is -2.15. The number of likely N-dealkylation sites (tertiary alicyclic amines) is 1. The van der Waals surface area contributed by atoms with Crippen LogP contribution in [0.2, 0.25) is 0 Å². The van der Waals surface area contributed by atoms with Gasteiger partial charge in [0.2, 0.25) is 0 Å². The molecule has 146 valence electrons. The number of hydrogen-bond donors (Lipinski definition) is 1. The molecule has 1 aliphatic rings. The summed E-state index contributed by atoms with van der Waals surface area (Å²) >= 11 is 0. The van der Waals surface area contributed by atoms with Crippen LogP contribution < -0.4 is 5.32 Å². The summed E-state index contributed by atoms with van der Waals surface area (Å²) in [4.78, 5) is 39.0. The van der Waals surface area contributed by atoms with Crippen LogP contribution in [-0.2, 0) is 4.74 Å². The summed E-state index contributed by atoms with van der Waals surface area (Å²) < 4.78 is 4.67. The van der Waals surface area contributed by atoms with Gasteiger partial charge >= 0.3 is 5.97 Å². The van der Waals surface area contributed by atoms with Gasteiger partial charge in [-0.2, -0.15) is 0 Å². The number of methoxy groups -OCH3 is 1. The molecule has 0 atom stereocenters. The Balaban J connectivity index is 1.64. The quantitative estimate of drug-likeness (QED) is 0.560. The van der Waals surface area contributed by atoms with E-state index in [1.807, 2.05) is 0 Å². The zero-order valence-electron chi connectivity index (χ0n) is 15.9. The molecular formula is C22H24N2O4. The number of ketones is 2. The van der Waals surface area contributed by atoms with Crippen molar-refractivity contribution in [1.82, 2.24) is 4.90 Å². The zero-order valence-corrected chi connectivity index (χ0v) is 15.9. The average Bonchev–Trinajstić information content (AvgIpc) is 3.24. The molecule has 2 aromatic rings. The molecule has 1 heterocycles. The minimum absolute atomic E-state index is 0.0201. The van der Waals surface area contributed by atoms with E-state index in [1.54, 1.807) is 48.5 Å². The van der Waals surface area contributed by atoms with Crippen molar-refractivity contribution in [1.29, 1.82) is 0 Å². The third kappa shape index (κ3) is 4.84. The van der Waals surface area contributed by atoms with E-state index < -0.39 is 5.97 Å². The fourth-order valence-electron chi connectivity index (χ4n) is 3.32. The van der Waals surface area contributed by atoms with Crippen LogP contribution in [-0.4, -0.2) is 55.7 Å². The van der Waals surface area contributed by atoms with Gasteiger partial charge in [0.15, 0.2) is 11.6 Å². The molecule has 3 rings (SSSR count). The zero-order chi connectivity index (χ0) is 19.9. The van der Waals surface area contributed by atoms with Crippen LogP contribution in [0.25, 0.3) is 0 Å². The highest BCUT2D eigenvalue weighted by atomic mass is 16.5. The summed E-state index contributed by atoms with van der Waals surface area (Å²) in [6, 6.07) is 13.7. The number of ether oxygens (including phenoxy) is 1. The Kier molecular flexibility index (Phi) is 6.55. The Morgan fingerprint density at radius 1 is 0.929 bits per heavy atom. The maximum absolute atomic E-state index is 12.7. The van der Waals surface area contributed by atoms with Crippen molar-refractivity contribution in [3.05, 3.63) is 65.2 Å². The maximum atomic E-state index is 12.7. The van der Waals surface area contributed by atoms with Gasteiger partial charge in [-0.1, -0.05) is 24.3 Å². The van der Waals surface area contributed by atoms with E-state index in [-0.39, 0.29) is 18.1 Å². The van der Waals surface area contributed by atoms with Crippen molar-refractivity contribution in [3.63, 3.8) is 0 Å². The normalized spacial score (nSPS) is 13.9. The van der Waals surface area contributed by atoms with Gasteiger partial charge in [-0.15, -0.1) is 0 Å². The van der Waals surface area contributed by atoms with Gasteiger partial charge < -0.3 is 10.1 Å². The van der Waals surface area contributed by atoms with Crippen molar-refractivity contribution in [3.8, 4) is 0 Å². The molecule has 1 aliphatic heterocycles. The monoisotopic (exact) mass is 380 g/mol. The van der Waals surface area contributed by atoms with Crippen LogP contribution >= 0.6 is 0 Å². The van der Waals surface area contributed by atoms with E-state index >= 15 is 0 Å². The average molecular weight is 380 g/mol. The molecule has 28 heavy (non-hydrogen) atoms. The summed E-state index contributed by atoms with van der Waals surface area (Å²) in [6.45, 7) is 2.29. The van der Waals surface area contributed by atoms with E-state index in [0.717, 1.165) is 25.9 Å². The van der Waals surface area contributed by atoms with E-state index in [9.17, 15) is 14.4 Å². The minimum atomic E-state index is -0.409.